The van der Waals surface area contributed by atoms with Crippen LogP contribution >= 0.6 is 23.7 Å². The Balaban J connectivity index is 0.00000225. The van der Waals surface area contributed by atoms with Crippen molar-refractivity contribution in [3.63, 3.8) is 0 Å². The fourth-order valence-corrected chi connectivity index (χ4v) is 4.15. The second-order valence-corrected chi connectivity index (χ2v) is 8.12. The van der Waals surface area contributed by atoms with E-state index in [0.717, 1.165) is 38.4 Å². The molecule has 150 valence electrons. The third-order valence-electron chi connectivity index (χ3n) is 5.20. The maximum Gasteiger partial charge on any atom is 0.273 e. The van der Waals surface area contributed by atoms with Gasteiger partial charge in [-0.25, -0.2) is 4.98 Å². The molecule has 4 rings (SSSR count). The van der Waals surface area contributed by atoms with E-state index in [1.54, 1.807) is 17.5 Å². The van der Waals surface area contributed by atoms with Crippen LogP contribution in [0.5, 0.6) is 0 Å². The first-order valence-corrected chi connectivity index (χ1v) is 10.2. The number of nitrogens with one attached hydrogen (secondary N) is 1. The molecule has 28 heavy (non-hydrogen) atoms. The van der Waals surface area contributed by atoms with Gasteiger partial charge in [-0.15, -0.1) is 23.7 Å². The first-order chi connectivity index (χ1) is 13.1. The maximum absolute atomic E-state index is 12.7. The van der Waals surface area contributed by atoms with Gasteiger partial charge in [0.2, 0.25) is 0 Å². The molecule has 1 aliphatic carbocycles. The summed E-state index contributed by atoms with van der Waals surface area (Å²) in [6.07, 6.45) is 4.64. The number of carbonyl (C=O) groups excluding carboxylic acids is 1. The number of nitro groups is 1. The van der Waals surface area contributed by atoms with Crippen LogP contribution in [0, 0.1) is 16.0 Å². The van der Waals surface area contributed by atoms with Gasteiger partial charge in [-0.1, -0.05) is 12.1 Å². The molecule has 7 nitrogen and oxygen atoms in total. The monoisotopic (exact) mass is 422 g/mol. The van der Waals surface area contributed by atoms with E-state index >= 15 is 0 Å². The van der Waals surface area contributed by atoms with Crippen molar-refractivity contribution in [3.8, 4) is 10.6 Å². The lowest BCUT2D eigenvalue weighted by molar-refractivity contribution is -0.384. The number of aromatic nitrogens is 1. The first-order valence-electron chi connectivity index (χ1n) is 9.33. The molecule has 1 N–H and O–H groups in total. The van der Waals surface area contributed by atoms with Crippen LogP contribution in [0.25, 0.3) is 10.6 Å². The first kappa shape index (κ1) is 20.7. The van der Waals surface area contributed by atoms with Gasteiger partial charge in [0.15, 0.2) is 0 Å². The quantitative estimate of drug-likeness (QED) is 0.565. The zero-order valence-electron chi connectivity index (χ0n) is 15.4. The second kappa shape index (κ2) is 8.98. The number of carbonyl (C=O) groups is 1. The van der Waals surface area contributed by atoms with Crippen LogP contribution in [-0.4, -0.2) is 46.4 Å². The summed E-state index contributed by atoms with van der Waals surface area (Å²) >= 11 is 1.34. The Morgan fingerprint density at radius 2 is 2.04 bits per heavy atom. The summed E-state index contributed by atoms with van der Waals surface area (Å²) in [4.78, 5) is 29.6. The molecule has 0 spiro atoms. The number of thiazole rings is 1. The largest absolute Gasteiger partial charge is 0.337 e. The molecule has 2 fully saturated rings. The molecule has 2 aromatic rings. The molecule has 2 heterocycles. The van der Waals surface area contributed by atoms with Crippen LogP contribution in [0.15, 0.2) is 29.6 Å². The number of rotatable bonds is 6. The van der Waals surface area contributed by atoms with Crippen molar-refractivity contribution in [2.45, 2.75) is 31.7 Å². The molecule has 1 amide bonds. The van der Waals surface area contributed by atoms with Crippen LogP contribution in [0.2, 0.25) is 0 Å². The Morgan fingerprint density at radius 1 is 1.29 bits per heavy atom. The standard InChI is InChI=1S/C19H22N4O3S.ClH/c24-19(22-8-6-15(7-9-22)20-11-13-4-5-13)17-12-27-18(21-17)14-2-1-3-16(10-14)23(25)26;/h1-3,10,12-13,15,20H,4-9,11H2;1H. The highest BCUT2D eigenvalue weighted by Crippen LogP contribution is 2.29. The number of halogens is 1. The molecular formula is C19H23ClN4O3S. The Hall–Kier alpha value is -2.03. The number of benzene rings is 1. The van der Waals surface area contributed by atoms with E-state index in [0.29, 0.717) is 22.3 Å². The molecular weight excluding hydrogens is 400 g/mol. The number of amides is 1. The van der Waals surface area contributed by atoms with Crippen molar-refractivity contribution < 1.29 is 9.72 Å². The van der Waals surface area contributed by atoms with Crippen molar-refractivity contribution in [1.29, 1.82) is 0 Å². The van der Waals surface area contributed by atoms with Crippen LogP contribution in [0.1, 0.15) is 36.2 Å². The van der Waals surface area contributed by atoms with Gasteiger partial charge >= 0.3 is 0 Å². The van der Waals surface area contributed by atoms with Gasteiger partial charge in [0.1, 0.15) is 10.7 Å². The molecule has 0 bridgehead atoms. The lowest BCUT2D eigenvalue weighted by atomic mass is 10.0. The molecule has 0 atom stereocenters. The third kappa shape index (κ3) is 4.87. The molecule has 0 unspecified atom stereocenters. The summed E-state index contributed by atoms with van der Waals surface area (Å²) in [5, 5.41) is 16.9. The number of likely N-dealkylation sites (tertiary alicyclic amines) is 1. The minimum Gasteiger partial charge on any atom is -0.337 e. The fraction of sp³-hybridized carbons (Fsp3) is 0.474. The van der Waals surface area contributed by atoms with Crippen molar-refractivity contribution in [3.05, 3.63) is 45.5 Å². The summed E-state index contributed by atoms with van der Waals surface area (Å²) in [6.45, 7) is 2.59. The average molecular weight is 423 g/mol. The van der Waals surface area contributed by atoms with E-state index < -0.39 is 4.92 Å². The van der Waals surface area contributed by atoms with Gasteiger partial charge in [0.25, 0.3) is 11.6 Å². The smallest absolute Gasteiger partial charge is 0.273 e. The van der Waals surface area contributed by atoms with E-state index in [-0.39, 0.29) is 24.0 Å². The van der Waals surface area contributed by atoms with Gasteiger partial charge in [-0.2, -0.15) is 0 Å². The van der Waals surface area contributed by atoms with Crippen LogP contribution in [0.4, 0.5) is 5.69 Å². The van der Waals surface area contributed by atoms with E-state index in [1.807, 2.05) is 4.90 Å². The molecule has 0 radical (unpaired) electrons. The summed E-state index contributed by atoms with van der Waals surface area (Å²) in [5.74, 6) is 0.815. The van der Waals surface area contributed by atoms with Crippen molar-refractivity contribution in [2.24, 2.45) is 5.92 Å². The number of hydrogen-bond acceptors (Lipinski definition) is 6. The normalized spacial score (nSPS) is 17.2. The van der Waals surface area contributed by atoms with E-state index in [2.05, 4.69) is 10.3 Å². The Morgan fingerprint density at radius 3 is 2.71 bits per heavy atom. The molecule has 1 aliphatic heterocycles. The van der Waals surface area contributed by atoms with Crippen LogP contribution in [-0.2, 0) is 0 Å². The topological polar surface area (TPSA) is 88.4 Å². The molecule has 1 saturated heterocycles. The van der Waals surface area contributed by atoms with Gasteiger partial charge in [0.05, 0.1) is 4.92 Å². The lowest BCUT2D eigenvalue weighted by Gasteiger charge is -2.32. The third-order valence-corrected chi connectivity index (χ3v) is 6.09. The van der Waals surface area contributed by atoms with Crippen LogP contribution < -0.4 is 5.32 Å². The van der Waals surface area contributed by atoms with Gasteiger partial charge in [-0.05, 0) is 38.1 Å². The minimum absolute atomic E-state index is 0. The van der Waals surface area contributed by atoms with Gasteiger partial charge < -0.3 is 10.2 Å². The highest BCUT2D eigenvalue weighted by Gasteiger charge is 2.27. The number of nitro benzene ring substituents is 1. The highest BCUT2D eigenvalue weighted by molar-refractivity contribution is 7.13. The second-order valence-electron chi connectivity index (χ2n) is 7.26. The Labute approximate surface area is 173 Å². The summed E-state index contributed by atoms with van der Waals surface area (Å²) in [6, 6.07) is 6.85. The maximum atomic E-state index is 12.7. The van der Waals surface area contributed by atoms with E-state index in [1.165, 1.54) is 36.3 Å². The van der Waals surface area contributed by atoms with E-state index in [9.17, 15) is 14.9 Å². The van der Waals surface area contributed by atoms with Crippen LogP contribution in [0.3, 0.4) is 0 Å². The van der Waals surface area contributed by atoms with E-state index in [4.69, 9.17) is 0 Å². The number of nitrogens with zero attached hydrogens (tertiary/aromatic N) is 3. The zero-order valence-corrected chi connectivity index (χ0v) is 17.0. The molecule has 9 heteroatoms. The van der Waals surface area contributed by atoms with Crippen molar-refractivity contribution >= 4 is 35.3 Å². The summed E-state index contributed by atoms with van der Waals surface area (Å²) in [5.41, 5.74) is 1.11. The number of piperidine rings is 1. The van der Waals surface area contributed by atoms with Gasteiger partial charge in [-0.3, -0.25) is 14.9 Å². The molecule has 1 aromatic carbocycles. The average Bonchev–Trinajstić information content (AvgIpc) is 3.40. The zero-order chi connectivity index (χ0) is 18.8. The van der Waals surface area contributed by atoms with Crippen molar-refractivity contribution in [1.82, 2.24) is 15.2 Å². The fourth-order valence-electron chi connectivity index (χ4n) is 3.36. The number of hydrogen-bond donors (Lipinski definition) is 1. The van der Waals surface area contributed by atoms with Crippen molar-refractivity contribution in [2.75, 3.05) is 19.6 Å². The Bertz CT molecular complexity index is 847. The predicted octanol–water partition coefficient (Wildman–Crippen LogP) is 3.74. The molecule has 1 saturated carbocycles. The molecule has 2 aliphatic rings. The minimum atomic E-state index is -0.426. The SMILES string of the molecule is Cl.O=C(c1csc(-c2cccc([N+](=O)[O-])c2)n1)N1CCC(NCC2CC2)CC1. The highest BCUT2D eigenvalue weighted by atomic mass is 35.5. The lowest BCUT2D eigenvalue weighted by Crippen LogP contribution is -2.45. The number of non-ortho nitro benzene ring substituents is 1. The summed E-state index contributed by atoms with van der Waals surface area (Å²) in [7, 11) is 0. The molecule has 1 aromatic heterocycles. The Kier molecular flexibility index (Phi) is 6.64. The van der Waals surface area contributed by atoms with Gasteiger partial charge in [0, 0.05) is 42.2 Å². The summed E-state index contributed by atoms with van der Waals surface area (Å²) < 4.78 is 0. The predicted molar refractivity (Wildman–Crippen MR) is 111 cm³/mol.